The van der Waals surface area contributed by atoms with Crippen molar-refractivity contribution in [3.8, 4) is 0 Å². The van der Waals surface area contributed by atoms with Crippen LogP contribution in [-0.4, -0.2) is 55.5 Å². The predicted molar refractivity (Wildman–Crippen MR) is 86.6 cm³/mol. The van der Waals surface area contributed by atoms with Crippen LogP contribution in [0.25, 0.3) is 0 Å². The largest absolute Gasteiger partial charge is 0.340 e. The van der Waals surface area contributed by atoms with Crippen molar-refractivity contribution < 1.29 is 4.79 Å². The zero-order valence-corrected chi connectivity index (χ0v) is 13.6. The Morgan fingerprint density at radius 2 is 1.95 bits per heavy atom. The molecule has 2 rings (SSSR count). The topological polar surface area (TPSA) is 35.6 Å². The monoisotopic (exact) mass is 309 g/mol. The van der Waals surface area contributed by atoms with Crippen molar-refractivity contribution in [1.29, 1.82) is 0 Å². The third-order valence-electron chi connectivity index (χ3n) is 4.16. The third kappa shape index (κ3) is 4.19. The molecule has 0 bridgehead atoms. The molecule has 1 unspecified atom stereocenters. The number of piperazine rings is 1. The second-order valence-electron chi connectivity index (χ2n) is 5.47. The summed E-state index contributed by atoms with van der Waals surface area (Å²) >= 11 is 6.28. The van der Waals surface area contributed by atoms with Gasteiger partial charge < -0.3 is 10.2 Å². The molecule has 1 saturated heterocycles. The van der Waals surface area contributed by atoms with Gasteiger partial charge in [0.15, 0.2) is 0 Å². The zero-order valence-electron chi connectivity index (χ0n) is 12.8. The Morgan fingerprint density at radius 3 is 2.57 bits per heavy atom. The van der Waals surface area contributed by atoms with Gasteiger partial charge in [0.1, 0.15) is 0 Å². The molecular weight excluding hydrogens is 286 g/mol. The first-order valence-corrected chi connectivity index (χ1v) is 7.92. The molecule has 1 aliphatic heterocycles. The molecule has 1 heterocycles. The summed E-state index contributed by atoms with van der Waals surface area (Å²) in [4.78, 5) is 16.4. The highest BCUT2D eigenvalue weighted by Crippen LogP contribution is 2.27. The fraction of sp³-hybridized carbons (Fsp3) is 0.562. The minimum atomic E-state index is 0.245. The van der Waals surface area contributed by atoms with E-state index in [1.165, 1.54) is 0 Å². The van der Waals surface area contributed by atoms with Crippen LogP contribution in [0.15, 0.2) is 24.3 Å². The molecule has 0 spiro atoms. The van der Waals surface area contributed by atoms with Crippen molar-refractivity contribution in [1.82, 2.24) is 15.1 Å². The SMILES string of the molecule is CNCCC(=O)N1CCN(C(C)c2ccccc2Cl)CC1. The molecule has 5 heteroatoms. The van der Waals surface area contributed by atoms with E-state index < -0.39 is 0 Å². The van der Waals surface area contributed by atoms with Crippen molar-refractivity contribution in [3.05, 3.63) is 34.9 Å². The second kappa shape index (κ2) is 7.78. The van der Waals surface area contributed by atoms with Crippen LogP contribution in [0.1, 0.15) is 24.9 Å². The summed E-state index contributed by atoms with van der Waals surface area (Å²) in [5, 5.41) is 3.84. The van der Waals surface area contributed by atoms with Gasteiger partial charge in [-0.3, -0.25) is 9.69 Å². The average molecular weight is 310 g/mol. The molecule has 1 N–H and O–H groups in total. The molecule has 1 fully saturated rings. The van der Waals surface area contributed by atoms with E-state index in [4.69, 9.17) is 11.6 Å². The summed E-state index contributed by atoms with van der Waals surface area (Å²) in [5.74, 6) is 0.245. The number of carbonyl (C=O) groups is 1. The summed E-state index contributed by atoms with van der Waals surface area (Å²) < 4.78 is 0. The highest BCUT2D eigenvalue weighted by Gasteiger charge is 2.25. The van der Waals surface area contributed by atoms with Crippen molar-refractivity contribution in [2.45, 2.75) is 19.4 Å². The molecule has 1 aromatic carbocycles. The van der Waals surface area contributed by atoms with E-state index in [0.717, 1.165) is 43.3 Å². The fourth-order valence-corrected chi connectivity index (χ4v) is 3.05. The number of hydrogen-bond donors (Lipinski definition) is 1. The van der Waals surface area contributed by atoms with Crippen molar-refractivity contribution in [2.75, 3.05) is 39.8 Å². The summed E-state index contributed by atoms with van der Waals surface area (Å²) in [6.07, 6.45) is 0.580. The maximum atomic E-state index is 12.0. The first-order valence-electron chi connectivity index (χ1n) is 7.54. The van der Waals surface area contributed by atoms with Crippen molar-refractivity contribution in [2.24, 2.45) is 0 Å². The standard InChI is InChI=1S/C16H24ClN3O/c1-13(14-5-3-4-6-15(14)17)19-9-11-20(12-10-19)16(21)7-8-18-2/h3-6,13,18H,7-12H2,1-2H3. The first-order chi connectivity index (χ1) is 10.1. The van der Waals surface area contributed by atoms with Crippen LogP contribution < -0.4 is 5.32 Å². The van der Waals surface area contributed by atoms with Crippen molar-refractivity contribution in [3.63, 3.8) is 0 Å². The van der Waals surface area contributed by atoms with Gasteiger partial charge in [-0.2, -0.15) is 0 Å². The van der Waals surface area contributed by atoms with E-state index in [0.29, 0.717) is 6.42 Å². The lowest BCUT2D eigenvalue weighted by molar-refractivity contribution is -0.133. The number of nitrogens with one attached hydrogen (secondary N) is 1. The average Bonchev–Trinajstić information content (AvgIpc) is 2.52. The molecule has 1 aliphatic rings. The number of nitrogens with zero attached hydrogens (tertiary/aromatic N) is 2. The van der Waals surface area contributed by atoms with E-state index in [1.807, 2.05) is 30.1 Å². The van der Waals surface area contributed by atoms with Gasteiger partial charge in [0.05, 0.1) is 0 Å². The Morgan fingerprint density at radius 1 is 1.29 bits per heavy atom. The lowest BCUT2D eigenvalue weighted by atomic mass is 10.1. The Balaban J connectivity index is 1.89. The highest BCUT2D eigenvalue weighted by atomic mass is 35.5. The molecule has 1 atom stereocenters. The fourth-order valence-electron chi connectivity index (χ4n) is 2.76. The predicted octanol–water partition coefficient (Wildman–Crippen LogP) is 2.15. The van der Waals surface area contributed by atoms with E-state index in [-0.39, 0.29) is 11.9 Å². The van der Waals surface area contributed by atoms with Gasteiger partial charge >= 0.3 is 0 Å². The van der Waals surface area contributed by atoms with Gasteiger partial charge in [-0.1, -0.05) is 29.8 Å². The van der Waals surface area contributed by atoms with Crippen LogP contribution in [0.4, 0.5) is 0 Å². The number of carbonyl (C=O) groups excluding carboxylic acids is 1. The van der Waals surface area contributed by atoms with Crippen LogP contribution >= 0.6 is 11.6 Å². The first kappa shape index (κ1) is 16.3. The number of halogens is 1. The molecule has 0 radical (unpaired) electrons. The molecule has 1 amide bonds. The lowest BCUT2D eigenvalue weighted by Gasteiger charge is -2.38. The molecule has 116 valence electrons. The van der Waals surface area contributed by atoms with Crippen LogP contribution in [0.3, 0.4) is 0 Å². The number of benzene rings is 1. The normalized spacial score (nSPS) is 17.8. The van der Waals surface area contributed by atoms with E-state index >= 15 is 0 Å². The Kier molecular flexibility index (Phi) is 6.03. The molecule has 0 aromatic heterocycles. The van der Waals surface area contributed by atoms with Gasteiger partial charge in [0, 0.05) is 50.2 Å². The second-order valence-corrected chi connectivity index (χ2v) is 5.87. The van der Waals surface area contributed by atoms with Gasteiger partial charge in [0.2, 0.25) is 5.91 Å². The lowest BCUT2D eigenvalue weighted by Crippen LogP contribution is -2.49. The summed E-state index contributed by atoms with van der Waals surface area (Å²) in [7, 11) is 1.87. The Labute approximate surface area is 132 Å². The highest BCUT2D eigenvalue weighted by molar-refractivity contribution is 6.31. The Hall–Kier alpha value is -1.10. The number of hydrogen-bond acceptors (Lipinski definition) is 3. The molecule has 21 heavy (non-hydrogen) atoms. The van der Waals surface area contributed by atoms with Crippen LogP contribution in [0.5, 0.6) is 0 Å². The van der Waals surface area contributed by atoms with Crippen LogP contribution in [-0.2, 0) is 4.79 Å². The minimum Gasteiger partial charge on any atom is -0.340 e. The summed E-state index contributed by atoms with van der Waals surface area (Å²) in [5.41, 5.74) is 1.16. The van der Waals surface area contributed by atoms with Crippen LogP contribution in [0.2, 0.25) is 5.02 Å². The molecular formula is C16H24ClN3O. The third-order valence-corrected chi connectivity index (χ3v) is 4.50. The van der Waals surface area contributed by atoms with Gasteiger partial charge in [-0.05, 0) is 25.6 Å². The molecule has 1 aromatic rings. The molecule has 0 aliphatic carbocycles. The molecule has 0 saturated carbocycles. The smallest absolute Gasteiger partial charge is 0.223 e. The van der Waals surface area contributed by atoms with Crippen molar-refractivity contribution >= 4 is 17.5 Å². The van der Waals surface area contributed by atoms with Gasteiger partial charge in [-0.25, -0.2) is 0 Å². The van der Waals surface area contributed by atoms with E-state index in [1.54, 1.807) is 0 Å². The number of rotatable bonds is 5. The maximum Gasteiger partial charge on any atom is 0.223 e. The van der Waals surface area contributed by atoms with E-state index in [9.17, 15) is 4.79 Å². The quantitative estimate of drug-likeness (QED) is 0.905. The summed E-state index contributed by atoms with van der Waals surface area (Å²) in [6, 6.07) is 8.28. The Bertz CT molecular complexity index is 472. The minimum absolute atomic E-state index is 0.245. The van der Waals surface area contributed by atoms with Crippen LogP contribution in [0, 0.1) is 0 Å². The summed E-state index contributed by atoms with van der Waals surface area (Å²) in [6.45, 7) is 6.33. The number of amides is 1. The van der Waals surface area contributed by atoms with Gasteiger partial charge in [-0.15, -0.1) is 0 Å². The zero-order chi connectivity index (χ0) is 15.2. The van der Waals surface area contributed by atoms with Gasteiger partial charge in [0.25, 0.3) is 0 Å². The maximum absolute atomic E-state index is 12.0. The molecule has 4 nitrogen and oxygen atoms in total. The van der Waals surface area contributed by atoms with E-state index in [2.05, 4.69) is 23.2 Å².